The Kier molecular flexibility index (Phi) is 6.00. The summed E-state index contributed by atoms with van der Waals surface area (Å²) < 4.78 is 2.02. The van der Waals surface area contributed by atoms with Gasteiger partial charge in [0.15, 0.2) is 0 Å². The van der Waals surface area contributed by atoms with E-state index in [1.165, 1.54) is 0 Å². The summed E-state index contributed by atoms with van der Waals surface area (Å²) in [6.45, 7) is 11.5. The first-order valence-corrected chi connectivity index (χ1v) is 7.61. The van der Waals surface area contributed by atoms with Gasteiger partial charge in [0, 0.05) is 11.9 Å². The second-order valence-corrected chi connectivity index (χ2v) is 6.23. The van der Waals surface area contributed by atoms with Crippen LogP contribution < -0.4 is 0 Å². The van der Waals surface area contributed by atoms with E-state index in [0.29, 0.717) is 11.8 Å². The van der Waals surface area contributed by atoms with Gasteiger partial charge in [0.05, 0.1) is 16.4 Å². The number of aryl methyl sites for hydroxylation is 2. The molecule has 0 saturated heterocycles. The number of hydrogen-bond donors (Lipinski definition) is 0. The third-order valence-corrected chi connectivity index (χ3v) is 4.33. The van der Waals surface area contributed by atoms with Gasteiger partial charge in [-0.05, 0) is 38.5 Å². The fraction of sp³-hybridized carbons (Fsp3) is 0.786. The van der Waals surface area contributed by atoms with Gasteiger partial charge in [-0.2, -0.15) is 5.10 Å². The van der Waals surface area contributed by atoms with E-state index in [4.69, 9.17) is 23.2 Å². The zero-order valence-electron chi connectivity index (χ0n) is 12.0. The minimum atomic E-state index is 0.145. The molecule has 0 aliphatic carbocycles. The van der Waals surface area contributed by atoms with Crippen molar-refractivity contribution < 1.29 is 0 Å². The van der Waals surface area contributed by atoms with Crippen LogP contribution in [0, 0.1) is 11.8 Å². The third-order valence-electron chi connectivity index (χ3n) is 3.57. The van der Waals surface area contributed by atoms with Crippen LogP contribution in [0.2, 0.25) is 5.02 Å². The van der Waals surface area contributed by atoms with E-state index in [2.05, 4.69) is 39.7 Å². The minimum absolute atomic E-state index is 0.145. The van der Waals surface area contributed by atoms with Crippen LogP contribution in [0.25, 0.3) is 0 Å². The molecule has 0 aliphatic rings. The van der Waals surface area contributed by atoms with Crippen LogP contribution >= 0.6 is 23.2 Å². The Morgan fingerprint density at radius 2 is 1.83 bits per heavy atom. The zero-order valence-corrected chi connectivity index (χ0v) is 13.5. The Bertz CT molecular complexity index is 375. The van der Waals surface area contributed by atoms with Crippen LogP contribution in [0.15, 0.2) is 0 Å². The molecule has 2 unspecified atom stereocenters. The monoisotopic (exact) mass is 290 g/mol. The van der Waals surface area contributed by atoms with Gasteiger partial charge in [0.25, 0.3) is 0 Å². The van der Waals surface area contributed by atoms with Crippen molar-refractivity contribution in [3.05, 3.63) is 16.4 Å². The maximum Gasteiger partial charge on any atom is 0.0849 e. The van der Waals surface area contributed by atoms with E-state index < -0.39 is 0 Å². The summed E-state index contributed by atoms with van der Waals surface area (Å²) in [6, 6.07) is 0. The standard InChI is InChI=1S/C14H24Cl2N2/c1-6-12-14(16)13(18(7-2)17-12)8-11(9(3)4)10(5)15/h9-11H,6-8H2,1-5H3. The number of rotatable bonds is 6. The molecule has 0 saturated carbocycles. The van der Waals surface area contributed by atoms with Crippen LogP contribution in [0.3, 0.4) is 0 Å². The Morgan fingerprint density at radius 1 is 1.22 bits per heavy atom. The minimum Gasteiger partial charge on any atom is -0.268 e. The summed E-state index contributed by atoms with van der Waals surface area (Å²) in [7, 11) is 0. The summed E-state index contributed by atoms with van der Waals surface area (Å²) in [6.07, 6.45) is 1.78. The molecule has 104 valence electrons. The van der Waals surface area contributed by atoms with Crippen LogP contribution in [-0.4, -0.2) is 15.2 Å². The molecule has 2 atom stereocenters. The van der Waals surface area contributed by atoms with Gasteiger partial charge >= 0.3 is 0 Å². The fourth-order valence-electron chi connectivity index (χ4n) is 2.36. The van der Waals surface area contributed by atoms with E-state index in [0.717, 1.165) is 35.8 Å². The van der Waals surface area contributed by atoms with Crippen LogP contribution in [0.5, 0.6) is 0 Å². The van der Waals surface area contributed by atoms with Gasteiger partial charge in [-0.3, -0.25) is 4.68 Å². The number of halogens is 2. The molecule has 0 N–H and O–H groups in total. The van der Waals surface area contributed by atoms with Crippen molar-refractivity contribution in [2.45, 2.75) is 59.4 Å². The first kappa shape index (κ1) is 15.8. The molecule has 0 aliphatic heterocycles. The molecule has 0 amide bonds. The lowest BCUT2D eigenvalue weighted by Gasteiger charge is -2.23. The van der Waals surface area contributed by atoms with E-state index in [1.54, 1.807) is 0 Å². The number of nitrogens with zero attached hydrogens (tertiary/aromatic N) is 2. The molecule has 0 bridgehead atoms. The molecule has 18 heavy (non-hydrogen) atoms. The Hall–Kier alpha value is -0.210. The first-order valence-electron chi connectivity index (χ1n) is 6.80. The summed E-state index contributed by atoms with van der Waals surface area (Å²) in [5.41, 5.74) is 2.14. The van der Waals surface area contributed by atoms with Crippen molar-refractivity contribution in [2.75, 3.05) is 0 Å². The molecule has 4 heteroatoms. The lowest BCUT2D eigenvalue weighted by Crippen LogP contribution is -2.22. The van der Waals surface area contributed by atoms with Gasteiger partial charge in [0.1, 0.15) is 0 Å². The van der Waals surface area contributed by atoms with E-state index in [1.807, 2.05) is 4.68 Å². The average Bonchev–Trinajstić information content (AvgIpc) is 2.61. The zero-order chi connectivity index (χ0) is 13.9. The molecule has 0 aromatic carbocycles. The van der Waals surface area contributed by atoms with Crippen molar-refractivity contribution in [1.82, 2.24) is 9.78 Å². The number of alkyl halides is 1. The van der Waals surface area contributed by atoms with Crippen molar-refractivity contribution in [3.8, 4) is 0 Å². The lowest BCUT2D eigenvalue weighted by molar-refractivity contribution is 0.366. The molecule has 2 nitrogen and oxygen atoms in total. The molecular weight excluding hydrogens is 267 g/mol. The Morgan fingerprint density at radius 3 is 2.22 bits per heavy atom. The van der Waals surface area contributed by atoms with Crippen molar-refractivity contribution >= 4 is 23.2 Å². The molecule has 1 aromatic rings. The molecule has 0 spiro atoms. The highest BCUT2D eigenvalue weighted by Gasteiger charge is 2.24. The molecule has 0 radical (unpaired) electrons. The largest absolute Gasteiger partial charge is 0.268 e. The van der Waals surface area contributed by atoms with Crippen molar-refractivity contribution in [3.63, 3.8) is 0 Å². The summed E-state index contributed by atoms with van der Waals surface area (Å²) in [4.78, 5) is 0. The maximum atomic E-state index is 6.44. The Balaban J connectivity index is 3.04. The summed E-state index contributed by atoms with van der Waals surface area (Å²) in [5.74, 6) is 0.967. The predicted octanol–water partition coefficient (Wildman–Crippen LogP) is 4.56. The van der Waals surface area contributed by atoms with E-state index in [9.17, 15) is 0 Å². The number of hydrogen-bond acceptors (Lipinski definition) is 1. The molecule has 1 aromatic heterocycles. The normalized spacial score (nSPS) is 15.1. The van der Waals surface area contributed by atoms with Crippen LogP contribution in [0.1, 0.15) is 46.0 Å². The molecule has 1 heterocycles. The maximum absolute atomic E-state index is 6.44. The van der Waals surface area contributed by atoms with E-state index >= 15 is 0 Å². The lowest BCUT2D eigenvalue weighted by atomic mass is 9.88. The van der Waals surface area contributed by atoms with Gasteiger partial charge in [-0.25, -0.2) is 0 Å². The SMILES string of the molecule is CCc1nn(CC)c(CC(C(C)C)C(C)Cl)c1Cl. The predicted molar refractivity (Wildman–Crippen MR) is 79.6 cm³/mol. The highest BCUT2D eigenvalue weighted by molar-refractivity contribution is 6.31. The van der Waals surface area contributed by atoms with Gasteiger partial charge < -0.3 is 0 Å². The molecule has 0 fully saturated rings. The second-order valence-electron chi connectivity index (χ2n) is 5.17. The Labute approximate surface area is 121 Å². The van der Waals surface area contributed by atoms with Crippen molar-refractivity contribution in [2.24, 2.45) is 11.8 Å². The smallest absolute Gasteiger partial charge is 0.0849 e. The summed E-state index contributed by atoms with van der Waals surface area (Å²) >= 11 is 12.7. The topological polar surface area (TPSA) is 17.8 Å². The van der Waals surface area contributed by atoms with Gasteiger partial charge in [-0.1, -0.05) is 32.4 Å². The number of aromatic nitrogens is 2. The highest BCUT2D eigenvalue weighted by Crippen LogP contribution is 2.29. The first-order chi connectivity index (χ1) is 8.42. The highest BCUT2D eigenvalue weighted by atomic mass is 35.5. The van der Waals surface area contributed by atoms with Crippen LogP contribution in [-0.2, 0) is 19.4 Å². The average molecular weight is 291 g/mol. The van der Waals surface area contributed by atoms with Gasteiger partial charge in [-0.15, -0.1) is 11.6 Å². The second kappa shape index (κ2) is 6.81. The molecular formula is C14H24Cl2N2. The van der Waals surface area contributed by atoms with E-state index in [-0.39, 0.29) is 5.38 Å². The molecule has 1 rings (SSSR count). The quantitative estimate of drug-likeness (QED) is 0.702. The summed E-state index contributed by atoms with van der Waals surface area (Å²) in [5, 5.41) is 5.54. The van der Waals surface area contributed by atoms with Crippen molar-refractivity contribution in [1.29, 1.82) is 0 Å². The fourth-order valence-corrected chi connectivity index (χ4v) is 3.09. The third kappa shape index (κ3) is 3.42. The van der Waals surface area contributed by atoms with Crippen LogP contribution in [0.4, 0.5) is 0 Å². The van der Waals surface area contributed by atoms with Gasteiger partial charge in [0.2, 0.25) is 0 Å².